The molecular formula is C20H32N4O. The summed E-state index contributed by atoms with van der Waals surface area (Å²) in [5.74, 6) is 1.26. The third-order valence-electron chi connectivity index (χ3n) is 4.78. The highest BCUT2D eigenvalue weighted by atomic mass is 16.1. The minimum absolute atomic E-state index is 0.128. The second kappa shape index (κ2) is 10.1. The number of carbonyl (C=O) groups excluding carboxylic acids is 1. The molecule has 1 aliphatic rings. The molecule has 1 amide bonds. The maximum atomic E-state index is 11.9. The molecular weight excluding hydrogens is 312 g/mol. The van der Waals surface area contributed by atoms with Crippen LogP contribution in [0.3, 0.4) is 0 Å². The minimum atomic E-state index is 0.128. The van der Waals surface area contributed by atoms with Crippen LogP contribution in [0.25, 0.3) is 0 Å². The summed E-state index contributed by atoms with van der Waals surface area (Å²) in [6.07, 6.45) is 5.20. The van der Waals surface area contributed by atoms with E-state index >= 15 is 0 Å². The van der Waals surface area contributed by atoms with Gasteiger partial charge in [0.2, 0.25) is 5.91 Å². The summed E-state index contributed by atoms with van der Waals surface area (Å²) in [6.45, 7) is 5.71. The van der Waals surface area contributed by atoms with Gasteiger partial charge in [0.15, 0.2) is 5.96 Å². The zero-order valence-corrected chi connectivity index (χ0v) is 15.8. The van der Waals surface area contributed by atoms with Gasteiger partial charge >= 0.3 is 0 Å². The Balaban J connectivity index is 1.67. The lowest BCUT2D eigenvalue weighted by atomic mass is 9.99. The average Bonchev–Trinajstić information content (AvgIpc) is 3.10. The first kappa shape index (κ1) is 19.3. The molecule has 0 bridgehead atoms. The van der Waals surface area contributed by atoms with E-state index in [1.165, 1.54) is 24.0 Å². The molecule has 1 unspecified atom stereocenters. The monoisotopic (exact) mass is 344 g/mol. The molecule has 1 aromatic carbocycles. The van der Waals surface area contributed by atoms with Gasteiger partial charge in [0.05, 0.1) is 0 Å². The molecule has 0 spiro atoms. The highest BCUT2D eigenvalue weighted by Gasteiger charge is 2.16. The van der Waals surface area contributed by atoms with Gasteiger partial charge in [0.1, 0.15) is 0 Å². The summed E-state index contributed by atoms with van der Waals surface area (Å²) >= 11 is 0. The van der Waals surface area contributed by atoms with E-state index in [2.05, 4.69) is 59.1 Å². The lowest BCUT2D eigenvalue weighted by Gasteiger charge is -2.17. The number of hydrogen-bond acceptors (Lipinski definition) is 2. The molecule has 1 saturated carbocycles. The summed E-state index contributed by atoms with van der Waals surface area (Å²) in [4.78, 5) is 16.2. The van der Waals surface area contributed by atoms with Crippen molar-refractivity contribution >= 4 is 11.9 Å². The van der Waals surface area contributed by atoms with Crippen molar-refractivity contribution in [3.05, 3.63) is 35.4 Å². The molecule has 3 N–H and O–H groups in total. The van der Waals surface area contributed by atoms with Crippen LogP contribution in [0.15, 0.2) is 29.3 Å². The number of benzene rings is 1. The largest absolute Gasteiger partial charge is 0.356 e. The van der Waals surface area contributed by atoms with Gasteiger partial charge in [0, 0.05) is 32.6 Å². The van der Waals surface area contributed by atoms with Gasteiger partial charge in [-0.3, -0.25) is 9.79 Å². The van der Waals surface area contributed by atoms with Gasteiger partial charge < -0.3 is 16.0 Å². The Kier molecular flexibility index (Phi) is 7.76. The normalized spacial score (nSPS) is 16.5. The van der Waals surface area contributed by atoms with Crippen molar-refractivity contribution in [2.75, 3.05) is 20.1 Å². The van der Waals surface area contributed by atoms with E-state index in [9.17, 15) is 4.79 Å². The van der Waals surface area contributed by atoms with Crippen molar-refractivity contribution in [1.82, 2.24) is 16.0 Å². The Bertz CT molecular complexity index is 579. The molecule has 0 saturated heterocycles. The standard InChI is InChI=1S/C20H32N4O/c1-15-7-6-8-17(13-15)16(2)14-23-20(21-3)22-12-11-19(25)24-18-9-4-5-10-18/h6-8,13,16,18H,4-5,9-12,14H2,1-3H3,(H,24,25)(H2,21,22,23). The van der Waals surface area contributed by atoms with Gasteiger partial charge in [0.25, 0.3) is 0 Å². The molecule has 1 aromatic rings. The van der Waals surface area contributed by atoms with Crippen LogP contribution in [0.1, 0.15) is 56.1 Å². The minimum Gasteiger partial charge on any atom is -0.356 e. The first-order valence-corrected chi connectivity index (χ1v) is 9.39. The maximum absolute atomic E-state index is 11.9. The number of amides is 1. The molecule has 1 atom stereocenters. The third-order valence-corrected chi connectivity index (χ3v) is 4.78. The number of aryl methyl sites for hydroxylation is 1. The zero-order valence-electron chi connectivity index (χ0n) is 15.8. The van der Waals surface area contributed by atoms with Crippen LogP contribution in [-0.4, -0.2) is 38.0 Å². The number of aliphatic imine (C=N–C) groups is 1. The molecule has 25 heavy (non-hydrogen) atoms. The lowest BCUT2D eigenvalue weighted by Crippen LogP contribution is -2.41. The van der Waals surface area contributed by atoms with Gasteiger partial charge in [-0.05, 0) is 31.2 Å². The SMILES string of the molecule is CN=C(NCCC(=O)NC1CCCC1)NCC(C)c1cccc(C)c1. The highest BCUT2D eigenvalue weighted by molar-refractivity contribution is 5.81. The number of carbonyl (C=O) groups is 1. The van der Waals surface area contributed by atoms with Crippen molar-refractivity contribution in [3.63, 3.8) is 0 Å². The quantitative estimate of drug-likeness (QED) is 0.526. The average molecular weight is 345 g/mol. The molecule has 0 radical (unpaired) electrons. The number of nitrogens with zero attached hydrogens (tertiary/aromatic N) is 1. The van der Waals surface area contributed by atoms with E-state index in [4.69, 9.17) is 0 Å². The number of hydrogen-bond donors (Lipinski definition) is 3. The van der Waals surface area contributed by atoms with Crippen molar-refractivity contribution < 1.29 is 4.79 Å². The van der Waals surface area contributed by atoms with Crippen LogP contribution in [0.2, 0.25) is 0 Å². The molecule has 0 aliphatic heterocycles. The summed E-state index contributed by atoms with van der Waals surface area (Å²) in [5.41, 5.74) is 2.60. The first-order valence-electron chi connectivity index (χ1n) is 9.39. The van der Waals surface area contributed by atoms with Crippen molar-refractivity contribution in [3.8, 4) is 0 Å². The van der Waals surface area contributed by atoms with Crippen LogP contribution in [0.4, 0.5) is 0 Å². The maximum Gasteiger partial charge on any atom is 0.221 e. The lowest BCUT2D eigenvalue weighted by molar-refractivity contribution is -0.121. The second-order valence-electron chi connectivity index (χ2n) is 6.99. The van der Waals surface area contributed by atoms with E-state index in [0.29, 0.717) is 24.9 Å². The van der Waals surface area contributed by atoms with Crippen LogP contribution in [0, 0.1) is 6.92 Å². The Labute approximate surface area is 151 Å². The zero-order chi connectivity index (χ0) is 18.1. The van der Waals surface area contributed by atoms with E-state index in [1.54, 1.807) is 7.05 Å². The van der Waals surface area contributed by atoms with Crippen LogP contribution in [0.5, 0.6) is 0 Å². The number of guanidine groups is 1. The van der Waals surface area contributed by atoms with Gasteiger partial charge in [-0.1, -0.05) is 49.6 Å². The second-order valence-corrected chi connectivity index (χ2v) is 6.99. The van der Waals surface area contributed by atoms with Crippen LogP contribution in [-0.2, 0) is 4.79 Å². The molecule has 138 valence electrons. The number of rotatable bonds is 7. The summed E-state index contributed by atoms with van der Waals surface area (Å²) < 4.78 is 0. The fourth-order valence-electron chi connectivity index (χ4n) is 3.23. The molecule has 5 nitrogen and oxygen atoms in total. The van der Waals surface area contributed by atoms with Gasteiger partial charge in [-0.15, -0.1) is 0 Å². The predicted octanol–water partition coefficient (Wildman–Crippen LogP) is 2.71. The number of nitrogens with one attached hydrogen (secondary N) is 3. The Morgan fingerprint density at radius 1 is 1.28 bits per heavy atom. The molecule has 0 aromatic heterocycles. The molecule has 5 heteroatoms. The predicted molar refractivity (Wildman–Crippen MR) is 104 cm³/mol. The molecule has 0 heterocycles. The summed E-state index contributed by atoms with van der Waals surface area (Å²) in [6, 6.07) is 8.97. The van der Waals surface area contributed by atoms with Gasteiger partial charge in [-0.2, -0.15) is 0 Å². The van der Waals surface area contributed by atoms with Crippen molar-refractivity contribution in [2.24, 2.45) is 4.99 Å². The van der Waals surface area contributed by atoms with Gasteiger partial charge in [-0.25, -0.2) is 0 Å². The fraction of sp³-hybridized carbons (Fsp3) is 0.600. The highest BCUT2D eigenvalue weighted by Crippen LogP contribution is 2.17. The third kappa shape index (κ3) is 6.77. The summed E-state index contributed by atoms with van der Waals surface area (Å²) in [5, 5.41) is 9.67. The molecule has 1 aliphatic carbocycles. The van der Waals surface area contributed by atoms with Crippen LogP contribution < -0.4 is 16.0 Å². The van der Waals surface area contributed by atoms with Crippen LogP contribution >= 0.6 is 0 Å². The Morgan fingerprint density at radius 2 is 2.04 bits per heavy atom. The smallest absolute Gasteiger partial charge is 0.221 e. The first-order chi connectivity index (χ1) is 12.1. The molecule has 1 fully saturated rings. The van der Waals surface area contributed by atoms with E-state index < -0.39 is 0 Å². The Hall–Kier alpha value is -2.04. The fourth-order valence-corrected chi connectivity index (χ4v) is 3.23. The summed E-state index contributed by atoms with van der Waals surface area (Å²) in [7, 11) is 1.76. The topological polar surface area (TPSA) is 65.5 Å². The molecule has 2 rings (SSSR count). The van der Waals surface area contributed by atoms with E-state index in [-0.39, 0.29) is 5.91 Å². The van der Waals surface area contributed by atoms with Crippen molar-refractivity contribution in [1.29, 1.82) is 0 Å². The van der Waals surface area contributed by atoms with E-state index in [1.807, 2.05) is 0 Å². The Morgan fingerprint density at radius 3 is 2.72 bits per heavy atom. The van der Waals surface area contributed by atoms with E-state index in [0.717, 1.165) is 25.3 Å². The van der Waals surface area contributed by atoms with Crippen molar-refractivity contribution in [2.45, 2.75) is 57.9 Å².